The van der Waals surface area contributed by atoms with Crippen LogP contribution in [0, 0.1) is 0 Å². The lowest BCUT2D eigenvalue weighted by molar-refractivity contribution is 0.578. The standard InChI is InChI=1S/C4H8FN3S/c1-3(2-5)7-8-4(6)9/h2H2,1H3,(H3,6,8,9). The molecule has 0 radical (unpaired) electrons. The number of thiocarbonyl (C=S) groups is 1. The zero-order chi connectivity index (χ0) is 7.28. The maximum absolute atomic E-state index is 11.6. The Morgan fingerprint density at radius 2 is 2.44 bits per heavy atom. The topological polar surface area (TPSA) is 50.4 Å². The van der Waals surface area contributed by atoms with Crippen LogP contribution in [0.5, 0.6) is 0 Å². The van der Waals surface area contributed by atoms with Crippen LogP contribution in [0.3, 0.4) is 0 Å². The summed E-state index contributed by atoms with van der Waals surface area (Å²) in [7, 11) is 0. The summed E-state index contributed by atoms with van der Waals surface area (Å²) in [5.41, 5.74) is 7.56. The Morgan fingerprint density at radius 3 is 2.78 bits per heavy atom. The largest absolute Gasteiger partial charge is 0.375 e. The van der Waals surface area contributed by atoms with Gasteiger partial charge in [-0.25, -0.2) is 4.39 Å². The molecule has 0 fully saturated rings. The third-order valence-electron chi connectivity index (χ3n) is 0.550. The Bertz CT molecular complexity index is 134. The second-order valence-electron chi connectivity index (χ2n) is 1.46. The van der Waals surface area contributed by atoms with Gasteiger partial charge in [-0.2, -0.15) is 5.10 Å². The molecule has 0 atom stereocenters. The first-order valence-electron chi connectivity index (χ1n) is 2.31. The van der Waals surface area contributed by atoms with E-state index in [-0.39, 0.29) is 5.11 Å². The van der Waals surface area contributed by atoms with Crippen molar-refractivity contribution in [3.63, 3.8) is 0 Å². The summed E-state index contributed by atoms with van der Waals surface area (Å²) in [6.45, 7) is 0.945. The fraction of sp³-hybridized carbons (Fsp3) is 0.500. The fourth-order valence-electron chi connectivity index (χ4n) is 0.180. The van der Waals surface area contributed by atoms with Crippen molar-refractivity contribution in [2.75, 3.05) is 6.67 Å². The Labute approximate surface area is 58.1 Å². The molecule has 0 bridgehead atoms. The number of hydrogen-bond donors (Lipinski definition) is 2. The molecule has 0 aliphatic rings. The molecule has 9 heavy (non-hydrogen) atoms. The molecule has 3 N–H and O–H groups in total. The Morgan fingerprint density at radius 1 is 1.89 bits per heavy atom. The van der Waals surface area contributed by atoms with Crippen molar-refractivity contribution in [2.24, 2.45) is 10.8 Å². The minimum Gasteiger partial charge on any atom is -0.375 e. The molecule has 0 heterocycles. The molecular weight excluding hydrogens is 141 g/mol. The quantitative estimate of drug-likeness (QED) is 0.334. The maximum atomic E-state index is 11.6. The van der Waals surface area contributed by atoms with Gasteiger partial charge in [0, 0.05) is 0 Å². The van der Waals surface area contributed by atoms with Crippen LogP contribution in [0.2, 0.25) is 0 Å². The summed E-state index contributed by atoms with van der Waals surface area (Å²) in [6.07, 6.45) is 0. The van der Waals surface area contributed by atoms with Crippen LogP contribution >= 0.6 is 12.2 Å². The van der Waals surface area contributed by atoms with Crippen LogP contribution < -0.4 is 11.2 Å². The van der Waals surface area contributed by atoms with Crippen molar-refractivity contribution in [2.45, 2.75) is 6.92 Å². The van der Waals surface area contributed by atoms with Crippen molar-refractivity contribution in [3.8, 4) is 0 Å². The third-order valence-corrected chi connectivity index (χ3v) is 0.642. The highest BCUT2D eigenvalue weighted by Gasteiger charge is 1.86. The molecule has 0 aliphatic heterocycles. The van der Waals surface area contributed by atoms with Crippen LogP contribution in [-0.4, -0.2) is 17.5 Å². The van der Waals surface area contributed by atoms with E-state index < -0.39 is 6.67 Å². The zero-order valence-electron chi connectivity index (χ0n) is 5.02. The number of hydrazone groups is 1. The van der Waals surface area contributed by atoms with E-state index in [0.717, 1.165) is 0 Å². The number of rotatable bonds is 2. The summed E-state index contributed by atoms with van der Waals surface area (Å²) < 4.78 is 11.6. The minimum atomic E-state index is -0.588. The Kier molecular flexibility index (Phi) is 3.87. The van der Waals surface area contributed by atoms with Crippen molar-refractivity contribution in [1.29, 1.82) is 0 Å². The number of nitrogens with two attached hydrogens (primary N) is 1. The summed E-state index contributed by atoms with van der Waals surface area (Å²) in [6, 6.07) is 0. The van der Waals surface area contributed by atoms with Crippen LogP contribution in [0.15, 0.2) is 5.10 Å². The average Bonchev–Trinajstić information content (AvgIpc) is 1.83. The van der Waals surface area contributed by atoms with E-state index in [4.69, 9.17) is 5.73 Å². The van der Waals surface area contributed by atoms with Gasteiger partial charge in [-0.3, -0.25) is 5.43 Å². The van der Waals surface area contributed by atoms with Crippen molar-refractivity contribution in [1.82, 2.24) is 5.43 Å². The zero-order valence-corrected chi connectivity index (χ0v) is 5.83. The predicted molar refractivity (Wildman–Crippen MR) is 39.0 cm³/mol. The number of halogens is 1. The van der Waals surface area contributed by atoms with Gasteiger partial charge < -0.3 is 5.73 Å². The summed E-state index contributed by atoms with van der Waals surface area (Å²) in [4.78, 5) is 0. The molecule has 0 aromatic carbocycles. The Hall–Kier alpha value is -0.710. The SMILES string of the molecule is CC(CF)=NNC(N)=S. The number of nitrogens with zero attached hydrogens (tertiary/aromatic N) is 1. The van der Waals surface area contributed by atoms with Gasteiger partial charge in [0.05, 0.1) is 5.71 Å². The van der Waals surface area contributed by atoms with Crippen LogP contribution in [-0.2, 0) is 0 Å². The van der Waals surface area contributed by atoms with Gasteiger partial charge in [-0.15, -0.1) is 0 Å². The van der Waals surface area contributed by atoms with Gasteiger partial charge in [-0.05, 0) is 19.1 Å². The van der Waals surface area contributed by atoms with Crippen molar-refractivity contribution < 1.29 is 4.39 Å². The number of alkyl halides is 1. The summed E-state index contributed by atoms with van der Waals surface area (Å²) >= 11 is 4.40. The van der Waals surface area contributed by atoms with E-state index in [1.165, 1.54) is 6.92 Å². The van der Waals surface area contributed by atoms with E-state index in [9.17, 15) is 4.39 Å². The van der Waals surface area contributed by atoms with E-state index in [1.807, 2.05) is 0 Å². The average molecular weight is 149 g/mol. The van der Waals surface area contributed by atoms with E-state index in [2.05, 4.69) is 22.7 Å². The maximum Gasteiger partial charge on any atom is 0.184 e. The van der Waals surface area contributed by atoms with Gasteiger partial charge in [0.1, 0.15) is 6.67 Å². The second-order valence-corrected chi connectivity index (χ2v) is 1.90. The molecule has 0 spiro atoms. The Balaban J connectivity index is 3.56. The van der Waals surface area contributed by atoms with Crippen LogP contribution in [0.25, 0.3) is 0 Å². The van der Waals surface area contributed by atoms with Gasteiger partial charge in [0.25, 0.3) is 0 Å². The minimum absolute atomic E-state index is 0.0443. The van der Waals surface area contributed by atoms with Crippen LogP contribution in [0.1, 0.15) is 6.92 Å². The monoisotopic (exact) mass is 149 g/mol. The van der Waals surface area contributed by atoms with E-state index in [1.54, 1.807) is 0 Å². The molecule has 0 amide bonds. The first-order valence-corrected chi connectivity index (χ1v) is 2.72. The van der Waals surface area contributed by atoms with Crippen LogP contribution in [0.4, 0.5) is 4.39 Å². The smallest absolute Gasteiger partial charge is 0.184 e. The molecule has 0 unspecified atom stereocenters. The molecule has 0 rings (SSSR count). The molecule has 0 aromatic heterocycles. The highest BCUT2D eigenvalue weighted by molar-refractivity contribution is 7.80. The molecular formula is C4H8FN3S. The molecule has 5 heteroatoms. The highest BCUT2D eigenvalue weighted by atomic mass is 32.1. The van der Waals surface area contributed by atoms with Gasteiger partial charge in [0.2, 0.25) is 0 Å². The molecule has 0 saturated heterocycles. The van der Waals surface area contributed by atoms with Gasteiger partial charge in [-0.1, -0.05) is 0 Å². The van der Waals surface area contributed by atoms with E-state index >= 15 is 0 Å². The van der Waals surface area contributed by atoms with E-state index in [0.29, 0.717) is 5.71 Å². The normalized spacial score (nSPS) is 11.1. The van der Waals surface area contributed by atoms with Crippen molar-refractivity contribution in [3.05, 3.63) is 0 Å². The first-order chi connectivity index (χ1) is 4.16. The first kappa shape index (κ1) is 8.29. The summed E-state index contributed by atoms with van der Waals surface area (Å²) in [5.74, 6) is 0. The van der Waals surface area contributed by atoms with Crippen molar-refractivity contribution >= 4 is 23.0 Å². The lowest BCUT2D eigenvalue weighted by atomic mass is 10.5. The van der Waals surface area contributed by atoms with Gasteiger partial charge >= 0.3 is 0 Å². The van der Waals surface area contributed by atoms with Gasteiger partial charge in [0.15, 0.2) is 5.11 Å². The lowest BCUT2D eigenvalue weighted by Gasteiger charge is -1.94. The molecule has 0 aliphatic carbocycles. The highest BCUT2D eigenvalue weighted by Crippen LogP contribution is 1.74. The molecule has 3 nitrogen and oxygen atoms in total. The second kappa shape index (κ2) is 4.20. The molecule has 0 aromatic rings. The fourth-order valence-corrected chi connectivity index (χ4v) is 0.226. The third kappa shape index (κ3) is 5.16. The number of nitrogens with one attached hydrogen (secondary N) is 1. The molecule has 0 saturated carbocycles. The molecule has 52 valence electrons. The summed E-state index contributed by atoms with van der Waals surface area (Å²) in [5, 5.41) is 3.51. The number of hydrogen-bond acceptors (Lipinski definition) is 2. The lowest BCUT2D eigenvalue weighted by Crippen LogP contribution is -2.25. The predicted octanol–water partition coefficient (Wildman–Crippen LogP) is 0.165.